The first-order valence-corrected chi connectivity index (χ1v) is 6.92. The summed E-state index contributed by atoms with van der Waals surface area (Å²) in [6.07, 6.45) is 3.61. The van der Waals surface area contributed by atoms with Crippen molar-refractivity contribution < 1.29 is 13.9 Å². The van der Waals surface area contributed by atoms with Gasteiger partial charge in [0.25, 0.3) is 0 Å². The second-order valence-electron chi connectivity index (χ2n) is 4.89. The van der Waals surface area contributed by atoms with Gasteiger partial charge in [0.15, 0.2) is 0 Å². The van der Waals surface area contributed by atoms with E-state index in [9.17, 15) is 4.39 Å². The predicted molar refractivity (Wildman–Crippen MR) is 72.6 cm³/mol. The molecule has 1 aromatic rings. The monoisotopic (exact) mass is 267 g/mol. The molecule has 1 N–H and O–H groups in total. The molecule has 1 aliphatic rings. The zero-order chi connectivity index (χ0) is 13.5. The second kappa shape index (κ2) is 7.58. The summed E-state index contributed by atoms with van der Waals surface area (Å²) in [5.74, 6) is -0.195. The second-order valence-corrected chi connectivity index (χ2v) is 4.89. The van der Waals surface area contributed by atoms with Gasteiger partial charge in [-0.1, -0.05) is 18.2 Å². The summed E-state index contributed by atoms with van der Waals surface area (Å²) in [7, 11) is 1.82. The van der Waals surface area contributed by atoms with Crippen LogP contribution in [-0.4, -0.2) is 33.0 Å². The summed E-state index contributed by atoms with van der Waals surface area (Å²) in [6.45, 7) is 1.88. The SMILES string of the molecule is CNC(COCC1CCCCO1)c1ccccc1F. The Kier molecular flexibility index (Phi) is 5.76. The van der Waals surface area contributed by atoms with E-state index in [1.165, 1.54) is 12.5 Å². The molecule has 1 saturated heterocycles. The van der Waals surface area contributed by atoms with Crippen LogP contribution in [0, 0.1) is 5.82 Å². The van der Waals surface area contributed by atoms with E-state index in [-0.39, 0.29) is 18.0 Å². The van der Waals surface area contributed by atoms with E-state index < -0.39 is 0 Å². The van der Waals surface area contributed by atoms with Gasteiger partial charge in [-0.2, -0.15) is 0 Å². The lowest BCUT2D eigenvalue weighted by molar-refractivity contribution is -0.0441. The summed E-state index contributed by atoms with van der Waals surface area (Å²) < 4.78 is 25.0. The Morgan fingerprint density at radius 1 is 1.42 bits per heavy atom. The van der Waals surface area contributed by atoms with Gasteiger partial charge in [-0.05, 0) is 32.4 Å². The Morgan fingerprint density at radius 3 is 2.95 bits per heavy atom. The number of hydrogen-bond donors (Lipinski definition) is 1. The van der Waals surface area contributed by atoms with Crippen molar-refractivity contribution in [2.24, 2.45) is 0 Å². The van der Waals surface area contributed by atoms with Crippen LogP contribution in [0.25, 0.3) is 0 Å². The normalized spacial score (nSPS) is 21.3. The zero-order valence-corrected chi connectivity index (χ0v) is 11.4. The van der Waals surface area contributed by atoms with Crippen molar-refractivity contribution in [1.82, 2.24) is 5.32 Å². The minimum absolute atomic E-state index is 0.121. The van der Waals surface area contributed by atoms with Crippen LogP contribution in [0.2, 0.25) is 0 Å². The van der Waals surface area contributed by atoms with Crippen LogP contribution in [0.3, 0.4) is 0 Å². The first-order chi connectivity index (χ1) is 9.31. The minimum Gasteiger partial charge on any atom is -0.377 e. The first kappa shape index (κ1) is 14.4. The van der Waals surface area contributed by atoms with E-state index in [4.69, 9.17) is 9.47 Å². The van der Waals surface area contributed by atoms with Gasteiger partial charge >= 0.3 is 0 Å². The molecule has 1 aliphatic heterocycles. The molecule has 0 radical (unpaired) electrons. The van der Waals surface area contributed by atoms with E-state index in [0.717, 1.165) is 19.4 Å². The van der Waals surface area contributed by atoms with Gasteiger partial charge < -0.3 is 14.8 Å². The number of likely N-dealkylation sites (N-methyl/N-ethyl adjacent to an activating group) is 1. The average Bonchev–Trinajstić information content (AvgIpc) is 2.46. The zero-order valence-electron chi connectivity index (χ0n) is 11.4. The van der Waals surface area contributed by atoms with E-state index in [1.54, 1.807) is 12.1 Å². The maximum atomic E-state index is 13.7. The fourth-order valence-corrected chi connectivity index (χ4v) is 2.34. The van der Waals surface area contributed by atoms with Crippen molar-refractivity contribution in [3.8, 4) is 0 Å². The van der Waals surface area contributed by atoms with Crippen molar-refractivity contribution in [1.29, 1.82) is 0 Å². The van der Waals surface area contributed by atoms with Gasteiger partial charge in [0.1, 0.15) is 5.82 Å². The Hall–Kier alpha value is -0.970. The molecular weight excluding hydrogens is 245 g/mol. The molecule has 2 rings (SSSR count). The molecule has 0 spiro atoms. The maximum absolute atomic E-state index is 13.7. The molecule has 0 saturated carbocycles. The molecule has 0 bridgehead atoms. The van der Waals surface area contributed by atoms with Crippen LogP contribution in [0.5, 0.6) is 0 Å². The topological polar surface area (TPSA) is 30.5 Å². The highest BCUT2D eigenvalue weighted by molar-refractivity contribution is 5.21. The van der Waals surface area contributed by atoms with Gasteiger partial charge in [-0.15, -0.1) is 0 Å². The van der Waals surface area contributed by atoms with Gasteiger partial charge in [0.2, 0.25) is 0 Å². The quantitative estimate of drug-likeness (QED) is 0.859. The summed E-state index contributed by atoms with van der Waals surface area (Å²) in [4.78, 5) is 0. The number of nitrogens with one attached hydrogen (secondary N) is 1. The molecule has 0 aliphatic carbocycles. The highest BCUT2D eigenvalue weighted by atomic mass is 19.1. The van der Waals surface area contributed by atoms with Crippen LogP contribution in [0.15, 0.2) is 24.3 Å². The summed E-state index contributed by atoms with van der Waals surface area (Å²) in [6, 6.07) is 6.68. The number of ether oxygens (including phenoxy) is 2. The molecular formula is C15H22FNO2. The average molecular weight is 267 g/mol. The summed E-state index contributed by atoms with van der Waals surface area (Å²) >= 11 is 0. The molecule has 1 aromatic carbocycles. The summed E-state index contributed by atoms with van der Waals surface area (Å²) in [5.41, 5.74) is 0.648. The molecule has 0 aromatic heterocycles. The molecule has 1 heterocycles. The highest BCUT2D eigenvalue weighted by Crippen LogP contribution is 2.18. The first-order valence-electron chi connectivity index (χ1n) is 6.92. The van der Waals surface area contributed by atoms with E-state index in [0.29, 0.717) is 18.8 Å². The van der Waals surface area contributed by atoms with Crippen LogP contribution >= 0.6 is 0 Å². The Bertz CT molecular complexity index is 380. The molecule has 0 amide bonds. The Labute approximate surface area is 114 Å². The van der Waals surface area contributed by atoms with Gasteiger partial charge in [0, 0.05) is 12.2 Å². The van der Waals surface area contributed by atoms with E-state index >= 15 is 0 Å². The van der Waals surface area contributed by atoms with Crippen LogP contribution in [0.1, 0.15) is 30.9 Å². The maximum Gasteiger partial charge on any atom is 0.128 e. The number of hydrogen-bond acceptors (Lipinski definition) is 3. The van der Waals surface area contributed by atoms with Gasteiger partial charge in [0.05, 0.1) is 25.4 Å². The largest absolute Gasteiger partial charge is 0.377 e. The standard InChI is InChI=1S/C15H22FNO2/c1-17-15(13-7-2-3-8-14(13)16)11-18-10-12-6-4-5-9-19-12/h2-3,7-8,12,15,17H,4-6,9-11H2,1H3. The summed E-state index contributed by atoms with van der Waals surface area (Å²) in [5, 5.41) is 3.09. The smallest absolute Gasteiger partial charge is 0.128 e. The van der Waals surface area contributed by atoms with Crippen LogP contribution < -0.4 is 5.32 Å². The fourth-order valence-electron chi connectivity index (χ4n) is 2.34. The van der Waals surface area contributed by atoms with Crippen LogP contribution in [0.4, 0.5) is 4.39 Å². The minimum atomic E-state index is -0.195. The molecule has 106 valence electrons. The lowest BCUT2D eigenvalue weighted by atomic mass is 10.1. The van der Waals surface area contributed by atoms with Crippen molar-refractivity contribution in [2.75, 3.05) is 26.9 Å². The number of rotatable bonds is 6. The molecule has 4 heteroatoms. The van der Waals surface area contributed by atoms with Crippen molar-refractivity contribution in [2.45, 2.75) is 31.4 Å². The third-order valence-electron chi connectivity index (χ3n) is 3.49. The predicted octanol–water partition coefficient (Wildman–Crippen LogP) is 2.67. The number of benzene rings is 1. The third kappa shape index (κ3) is 4.27. The number of halogens is 1. The van der Waals surface area contributed by atoms with Gasteiger partial charge in [-0.3, -0.25) is 0 Å². The molecule has 3 nitrogen and oxygen atoms in total. The molecule has 19 heavy (non-hydrogen) atoms. The van der Waals surface area contributed by atoms with E-state index in [1.807, 2.05) is 13.1 Å². The van der Waals surface area contributed by atoms with Crippen molar-refractivity contribution in [3.63, 3.8) is 0 Å². The van der Waals surface area contributed by atoms with Crippen molar-refractivity contribution >= 4 is 0 Å². The Morgan fingerprint density at radius 2 is 2.26 bits per heavy atom. The Balaban J connectivity index is 1.81. The molecule has 1 fully saturated rings. The van der Waals surface area contributed by atoms with Gasteiger partial charge in [-0.25, -0.2) is 4.39 Å². The lowest BCUT2D eigenvalue weighted by Crippen LogP contribution is -2.28. The van der Waals surface area contributed by atoms with E-state index in [2.05, 4.69) is 5.32 Å². The van der Waals surface area contributed by atoms with Crippen molar-refractivity contribution in [3.05, 3.63) is 35.6 Å². The lowest BCUT2D eigenvalue weighted by Gasteiger charge is -2.24. The highest BCUT2D eigenvalue weighted by Gasteiger charge is 2.17. The molecule has 2 atom stereocenters. The molecule has 2 unspecified atom stereocenters. The third-order valence-corrected chi connectivity index (χ3v) is 3.49. The fraction of sp³-hybridized carbons (Fsp3) is 0.600. The van der Waals surface area contributed by atoms with Crippen LogP contribution in [-0.2, 0) is 9.47 Å².